The van der Waals surface area contributed by atoms with Gasteiger partial charge in [0.05, 0.1) is 18.7 Å². The van der Waals surface area contributed by atoms with E-state index < -0.39 is 5.60 Å². The quantitative estimate of drug-likeness (QED) is 0.871. The molecule has 1 aliphatic rings. The Morgan fingerprint density at radius 2 is 2.22 bits per heavy atom. The summed E-state index contributed by atoms with van der Waals surface area (Å²) in [4.78, 5) is 24.9. The molecule has 0 spiro atoms. The Hall–Kier alpha value is -1.14. The molecule has 5 nitrogen and oxygen atoms in total. The third-order valence-electron chi connectivity index (χ3n) is 3.16. The number of carbonyl (C=O) groups excluding carboxylic acids is 1. The molecular formula is C12H18N2O3S. The van der Waals surface area contributed by atoms with Crippen molar-refractivity contribution in [2.75, 3.05) is 13.1 Å². The van der Waals surface area contributed by atoms with Gasteiger partial charge in [-0.05, 0) is 20.3 Å². The molecular weight excluding hydrogens is 252 g/mol. The van der Waals surface area contributed by atoms with Crippen molar-refractivity contribution >= 4 is 17.2 Å². The largest absolute Gasteiger partial charge is 0.386 e. The molecule has 1 aromatic heterocycles. The summed E-state index contributed by atoms with van der Waals surface area (Å²) in [5.74, 6) is 0.0578. The van der Waals surface area contributed by atoms with Gasteiger partial charge in [0.2, 0.25) is 5.91 Å². The third-order valence-corrected chi connectivity index (χ3v) is 4.05. The number of aliphatic hydroxyl groups is 1. The van der Waals surface area contributed by atoms with Crippen molar-refractivity contribution in [1.82, 2.24) is 9.47 Å². The monoisotopic (exact) mass is 270 g/mol. The summed E-state index contributed by atoms with van der Waals surface area (Å²) in [6.07, 6.45) is 1.09. The number of likely N-dealkylation sites (tertiary alicyclic amines) is 1. The average molecular weight is 270 g/mol. The maximum atomic E-state index is 11.7. The second kappa shape index (κ2) is 4.85. The molecule has 0 radical (unpaired) electrons. The van der Waals surface area contributed by atoms with Crippen LogP contribution >= 0.6 is 11.3 Å². The van der Waals surface area contributed by atoms with E-state index in [1.807, 2.05) is 12.3 Å². The Kier molecular flexibility index (Phi) is 3.59. The summed E-state index contributed by atoms with van der Waals surface area (Å²) in [6, 6.07) is 0. The highest BCUT2D eigenvalue weighted by molar-refractivity contribution is 7.07. The molecule has 0 bridgehead atoms. The van der Waals surface area contributed by atoms with Crippen molar-refractivity contribution in [2.24, 2.45) is 0 Å². The SMILES string of the molecule is Cc1csc(=O)n1CCCC(=O)N1CC(C)(O)C1. The van der Waals surface area contributed by atoms with Gasteiger partial charge in [0.25, 0.3) is 0 Å². The van der Waals surface area contributed by atoms with E-state index in [4.69, 9.17) is 0 Å². The van der Waals surface area contributed by atoms with E-state index in [9.17, 15) is 14.7 Å². The predicted molar refractivity (Wildman–Crippen MR) is 69.8 cm³/mol. The molecule has 1 saturated heterocycles. The van der Waals surface area contributed by atoms with E-state index in [1.165, 1.54) is 11.3 Å². The van der Waals surface area contributed by atoms with E-state index >= 15 is 0 Å². The first-order valence-electron chi connectivity index (χ1n) is 6.04. The van der Waals surface area contributed by atoms with Crippen LogP contribution in [0.3, 0.4) is 0 Å². The van der Waals surface area contributed by atoms with Gasteiger partial charge < -0.3 is 14.6 Å². The Bertz CT molecular complexity index is 496. The number of amides is 1. The normalized spacial score (nSPS) is 17.6. The van der Waals surface area contributed by atoms with Crippen LogP contribution in [0.25, 0.3) is 0 Å². The van der Waals surface area contributed by atoms with Gasteiger partial charge >= 0.3 is 4.87 Å². The molecule has 0 aromatic carbocycles. The van der Waals surface area contributed by atoms with Gasteiger partial charge in [-0.15, -0.1) is 0 Å². The second-order valence-corrected chi connectivity index (χ2v) is 5.97. The highest BCUT2D eigenvalue weighted by Gasteiger charge is 2.38. The molecule has 2 heterocycles. The first-order valence-corrected chi connectivity index (χ1v) is 6.92. The zero-order chi connectivity index (χ0) is 13.3. The lowest BCUT2D eigenvalue weighted by molar-refractivity contribution is -0.152. The fourth-order valence-corrected chi connectivity index (χ4v) is 2.93. The fraction of sp³-hybridized carbons (Fsp3) is 0.667. The number of carbonyl (C=O) groups is 1. The zero-order valence-electron chi connectivity index (χ0n) is 10.7. The van der Waals surface area contributed by atoms with Crippen LogP contribution in [0, 0.1) is 6.92 Å². The van der Waals surface area contributed by atoms with Gasteiger partial charge in [-0.25, -0.2) is 0 Å². The first kappa shape index (κ1) is 13.3. The summed E-state index contributed by atoms with van der Waals surface area (Å²) in [5, 5.41) is 11.4. The number of hydrogen-bond donors (Lipinski definition) is 1. The van der Waals surface area contributed by atoms with Gasteiger partial charge in [0, 0.05) is 24.0 Å². The molecule has 1 amide bonds. The number of aryl methyl sites for hydroxylation is 1. The van der Waals surface area contributed by atoms with Crippen molar-refractivity contribution in [3.63, 3.8) is 0 Å². The molecule has 1 N–H and O–H groups in total. The molecule has 0 aliphatic carbocycles. The number of rotatable bonds is 4. The van der Waals surface area contributed by atoms with E-state index in [-0.39, 0.29) is 10.8 Å². The molecule has 1 fully saturated rings. The van der Waals surface area contributed by atoms with E-state index in [2.05, 4.69) is 0 Å². The predicted octanol–water partition coefficient (Wildman–Crippen LogP) is 0.592. The summed E-state index contributed by atoms with van der Waals surface area (Å²) in [6.45, 7) is 5.05. The Balaban J connectivity index is 1.76. The lowest BCUT2D eigenvalue weighted by atomic mass is 9.96. The van der Waals surface area contributed by atoms with Crippen molar-refractivity contribution in [1.29, 1.82) is 0 Å². The zero-order valence-corrected chi connectivity index (χ0v) is 11.5. The van der Waals surface area contributed by atoms with Crippen molar-refractivity contribution in [3.8, 4) is 0 Å². The summed E-state index contributed by atoms with van der Waals surface area (Å²) in [5.41, 5.74) is 0.237. The first-order chi connectivity index (χ1) is 8.39. The topological polar surface area (TPSA) is 62.5 Å². The molecule has 0 unspecified atom stereocenters. The van der Waals surface area contributed by atoms with Crippen LogP contribution in [-0.2, 0) is 11.3 Å². The number of aromatic nitrogens is 1. The lowest BCUT2D eigenvalue weighted by Crippen LogP contribution is -2.61. The van der Waals surface area contributed by atoms with E-state index in [0.29, 0.717) is 32.5 Å². The lowest BCUT2D eigenvalue weighted by Gasteiger charge is -2.44. The van der Waals surface area contributed by atoms with Gasteiger partial charge in [0.15, 0.2) is 0 Å². The Labute approximate surface area is 110 Å². The summed E-state index contributed by atoms with van der Waals surface area (Å²) < 4.78 is 1.70. The van der Waals surface area contributed by atoms with Gasteiger partial charge in [-0.2, -0.15) is 0 Å². The van der Waals surface area contributed by atoms with E-state index in [0.717, 1.165) is 5.69 Å². The Morgan fingerprint density at radius 3 is 2.72 bits per heavy atom. The number of hydrogen-bond acceptors (Lipinski definition) is 4. The maximum absolute atomic E-state index is 11.7. The number of nitrogens with zero attached hydrogens (tertiary/aromatic N) is 2. The van der Waals surface area contributed by atoms with Crippen LogP contribution in [0.4, 0.5) is 0 Å². The van der Waals surface area contributed by atoms with Crippen LogP contribution in [0.2, 0.25) is 0 Å². The maximum Gasteiger partial charge on any atom is 0.307 e. The summed E-state index contributed by atoms with van der Waals surface area (Å²) in [7, 11) is 0. The Morgan fingerprint density at radius 1 is 1.56 bits per heavy atom. The molecule has 0 saturated carbocycles. The highest BCUT2D eigenvalue weighted by atomic mass is 32.1. The minimum atomic E-state index is -0.712. The van der Waals surface area contributed by atoms with Crippen molar-refractivity contribution < 1.29 is 9.90 Å². The fourth-order valence-electron chi connectivity index (χ4n) is 2.17. The third kappa shape index (κ3) is 2.81. The molecule has 1 aromatic rings. The molecule has 18 heavy (non-hydrogen) atoms. The average Bonchev–Trinajstić information content (AvgIpc) is 2.56. The molecule has 100 valence electrons. The standard InChI is InChI=1S/C12H18N2O3S/c1-9-6-18-11(16)14(9)5-3-4-10(15)13-7-12(2,17)8-13/h6,17H,3-5,7-8H2,1-2H3. The van der Waals surface area contributed by atoms with Crippen LogP contribution in [0.5, 0.6) is 0 Å². The number of β-amino-alcohol motifs (C(OH)–C–C–N with tert-alkyl or cyclic N) is 1. The van der Waals surface area contributed by atoms with Gasteiger partial charge in [0.1, 0.15) is 0 Å². The second-order valence-electron chi connectivity index (χ2n) is 5.14. The summed E-state index contributed by atoms with van der Waals surface area (Å²) >= 11 is 1.19. The van der Waals surface area contributed by atoms with Crippen LogP contribution in [0.15, 0.2) is 10.2 Å². The van der Waals surface area contributed by atoms with Crippen LogP contribution in [0.1, 0.15) is 25.5 Å². The molecule has 6 heteroatoms. The van der Waals surface area contributed by atoms with Crippen molar-refractivity contribution in [3.05, 3.63) is 20.7 Å². The van der Waals surface area contributed by atoms with E-state index in [1.54, 1.807) is 16.4 Å². The number of thiazole rings is 1. The smallest absolute Gasteiger partial charge is 0.307 e. The van der Waals surface area contributed by atoms with Crippen LogP contribution in [-0.4, -0.2) is 39.2 Å². The minimum Gasteiger partial charge on any atom is -0.386 e. The van der Waals surface area contributed by atoms with Gasteiger partial charge in [-0.3, -0.25) is 9.59 Å². The molecule has 1 aliphatic heterocycles. The molecule has 2 rings (SSSR count). The molecule has 0 atom stereocenters. The van der Waals surface area contributed by atoms with Crippen LogP contribution < -0.4 is 4.87 Å². The van der Waals surface area contributed by atoms with Crippen molar-refractivity contribution in [2.45, 2.75) is 38.8 Å². The van der Waals surface area contributed by atoms with Gasteiger partial charge in [-0.1, -0.05) is 11.3 Å². The minimum absolute atomic E-state index is 0.0341. The highest BCUT2D eigenvalue weighted by Crippen LogP contribution is 2.20.